The number of nitrogens with two attached hydrogens (primary N) is 1. The maximum atomic E-state index is 12.4. The minimum absolute atomic E-state index is 0.0496. The number of hydrogen-bond donors (Lipinski definition) is 1. The number of amides is 1. The molecule has 0 aliphatic rings. The first-order valence-electron chi connectivity index (χ1n) is 5.77. The van der Waals surface area contributed by atoms with Gasteiger partial charge in [-0.05, 0) is 24.0 Å². The number of benzene rings is 1. The van der Waals surface area contributed by atoms with Gasteiger partial charge in [-0.15, -0.1) is 13.2 Å². The van der Waals surface area contributed by atoms with E-state index in [1.807, 2.05) is 6.92 Å². The third-order valence-corrected chi connectivity index (χ3v) is 3.08. The number of ether oxygens (including phenoxy) is 1. The predicted molar refractivity (Wildman–Crippen MR) is 65.0 cm³/mol. The van der Waals surface area contributed by atoms with Gasteiger partial charge in [0.1, 0.15) is 5.75 Å². The number of carbonyl (C=O) groups is 1. The van der Waals surface area contributed by atoms with Crippen LogP contribution in [0.4, 0.5) is 13.2 Å². The summed E-state index contributed by atoms with van der Waals surface area (Å²) in [6.07, 6.45) is -4.28. The normalized spacial score (nSPS) is 12.3. The van der Waals surface area contributed by atoms with Crippen molar-refractivity contribution in [3.05, 3.63) is 29.3 Å². The Morgan fingerprint density at radius 1 is 1.32 bits per heavy atom. The Hall–Kier alpha value is -1.72. The van der Waals surface area contributed by atoms with Crippen molar-refractivity contribution in [2.45, 2.75) is 39.0 Å². The molecule has 0 radical (unpaired) electrons. The molecule has 0 saturated heterocycles. The SMILES string of the molecule is CCC(C)(C)c1c(OC(F)(F)F)cccc1C(N)=O. The van der Waals surface area contributed by atoms with E-state index in [9.17, 15) is 18.0 Å². The van der Waals surface area contributed by atoms with E-state index < -0.39 is 17.7 Å². The lowest BCUT2D eigenvalue weighted by Gasteiger charge is -2.28. The molecule has 6 heteroatoms. The zero-order chi connectivity index (χ0) is 14.8. The molecule has 0 saturated carbocycles. The van der Waals surface area contributed by atoms with Gasteiger partial charge in [-0.25, -0.2) is 0 Å². The molecule has 0 unspecified atom stereocenters. The van der Waals surface area contributed by atoms with Gasteiger partial charge in [0.15, 0.2) is 0 Å². The van der Waals surface area contributed by atoms with Gasteiger partial charge in [0.25, 0.3) is 0 Å². The first kappa shape index (κ1) is 15.3. The number of halogens is 3. The van der Waals surface area contributed by atoms with Gasteiger partial charge in [0.05, 0.1) is 0 Å². The van der Waals surface area contributed by atoms with Crippen molar-refractivity contribution < 1.29 is 22.7 Å². The fourth-order valence-corrected chi connectivity index (χ4v) is 1.82. The second-order valence-corrected chi connectivity index (χ2v) is 4.83. The van der Waals surface area contributed by atoms with Crippen molar-refractivity contribution in [2.24, 2.45) is 5.73 Å². The summed E-state index contributed by atoms with van der Waals surface area (Å²) < 4.78 is 41.2. The molecule has 0 aliphatic carbocycles. The lowest BCUT2D eigenvalue weighted by Crippen LogP contribution is -2.27. The summed E-state index contributed by atoms with van der Waals surface area (Å²) in [6.45, 7) is 5.28. The van der Waals surface area contributed by atoms with Crippen LogP contribution >= 0.6 is 0 Å². The lowest BCUT2D eigenvalue weighted by atomic mass is 9.79. The van der Waals surface area contributed by atoms with Gasteiger partial charge in [0.2, 0.25) is 5.91 Å². The Morgan fingerprint density at radius 2 is 1.89 bits per heavy atom. The molecule has 19 heavy (non-hydrogen) atoms. The molecule has 2 N–H and O–H groups in total. The van der Waals surface area contributed by atoms with Crippen molar-refractivity contribution >= 4 is 5.91 Å². The van der Waals surface area contributed by atoms with Gasteiger partial charge >= 0.3 is 6.36 Å². The molecule has 106 valence electrons. The van der Waals surface area contributed by atoms with Gasteiger partial charge in [-0.2, -0.15) is 0 Å². The average Bonchev–Trinajstić information content (AvgIpc) is 2.26. The highest BCUT2D eigenvalue weighted by atomic mass is 19.4. The molecule has 3 nitrogen and oxygen atoms in total. The highest BCUT2D eigenvalue weighted by Gasteiger charge is 2.35. The molecule has 0 fully saturated rings. The Balaban J connectivity index is 3.47. The predicted octanol–water partition coefficient (Wildman–Crippen LogP) is 3.37. The van der Waals surface area contributed by atoms with Crippen LogP contribution in [0.25, 0.3) is 0 Å². The van der Waals surface area contributed by atoms with Crippen LogP contribution in [0, 0.1) is 0 Å². The number of alkyl halides is 3. The monoisotopic (exact) mass is 275 g/mol. The molecule has 0 heterocycles. The lowest BCUT2D eigenvalue weighted by molar-refractivity contribution is -0.275. The number of rotatable bonds is 4. The molecule has 1 aromatic carbocycles. The van der Waals surface area contributed by atoms with Crippen LogP contribution < -0.4 is 10.5 Å². The minimum atomic E-state index is -4.81. The van der Waals surface area contributed by atoms with Crippen LogP contribution in [0.1, 0.15) is 43.1 Å². The van der Waals surface area contributed by atoms with Crippen molar-refractivity contribution in [3.63, 3.8) is 0 Å². The van der Waals surface area contributed by atoms with Crippen molar-refractivity contribution in [3.8, 4) is 5.75 Å². The quantitative estimate of drug-likeness (QED) is 0.915. The third-order valence-electron chi connectivity index (χ3n) is 3.08. The number of hydrogen-bond acceptors (Lipinski definition) is 2. The first-order valence-corrected chi connectivity index (χ1v) is 5.77. The number of primary amides is 1. The molecule has 0 aromatic heterocycles. The molecule has 0 atom stereocenters. The Kier molecular flexibility index (Phi) is 4.12. The summed E-state index contributed by atoms with van der Waals surface area (Å²) in [7, 11) is 0. The molecular weight excluding hydrogens is 259 g/mol. The topological polar surface area (TPSA) is 52.3 Å². The summed E-state index contributed by atoms with van der Waals surface area (Å²) in [6, 6.07) is 3.90. The van der Waals surface area contributed by atoms with Crippen molar-refractivity contribution in [1.29, 1.82) is 0 Å². The van der Waals surface area contributed by atoms with Gasteiger partial charge in [-0.3, -0.25) is 4.79 Å². The summed E-state index contributed by atoms with van der Waals surface area (Å²) in [5.74, 6) is -1.15. The maximum absolute atomic E-state index is 12.4. The van der Waals surface area contributed by atoms with Crippen LogP contribution in [-0.4, -0.2) is 12.3 Å². The Labute approximate surface area is 109 Å². The standard InChI is InChI=1S/C13H16F3NO2/c1-4-12(2,3)10-8(11(17)18)6-5-7-9(10)19-13(14,15)16/h5-7H,4H2,1-3H3,(H2,17,18). The summed E-state index contributed by atoms with van der Waals surface area (Å²) in [5.41, 5.74) is 4.79. The molecular formula is C13H16F3NO2. The van der Waals surface area contributed by atoms with Gasteiger partial charge < -0.3 is 10.5 Å². The fraction of sp³-hybridized carbons (Fsp3) is 0.462. The van der Waals surface area contributed by atoms with Crippen molar-refractivity contribution in [2.75, 3.05) is 0 Å². The molecule has 1 amide bonds. The van der Waals surface area contributed by atoms with E-state index >= 15 is 0 Å². The maximum Gasteiger partial charge on any atom is 0.573 e. The van der Waals surface area contributed by atoms with Crippen LogP contribution in [0.2, 0.25) is 0 Å². The van der Waals surface area contributed by atoms with E-state index in [2.05, 4.69) is 4.74 Å². The molecule has 1 rings (SSSR count). The van der Waals surface area contributed by atoms with Crippen LogP contribution in [-0.2, 0) is 5.41 Å². The Morgan fingerprint density at radius 3 is 2.32 bits per heavy atom. The van der Waals surface area contributed by atoms with Crippen molar-refractivity contribution in [1.82, 2.24) is 0 Å². The van der Waals surface area contributed by atoms with E-state index in [4.69, 9.17) is 5.73 Å². The molecule has 1 aromatic rings. The van der Waals surface area contributed by atoms with Crippen LogP contribution in [0.3, 0.4) is 0 Å². The summed E-state index contributed by atoms with van der Waals surface area (Å²) in [5, 5.41) is 0. The molecule has 0 aliphatic heterocycles. The van der Waals surface area contributed by atoms with E-state index in [1.165, 1.54) is 18.2 Å². The molecule has 0 bridgehead atoms. The van der Waals surface area contributed by atoms with Crippen LogP contribution in [0.5, 0.6) is 5.75 Å². The summed E-state index contributed by atoms with van der Waals surface area (Å²) in [4.78, 5) is 11.4. The van der Waals surface area contributed by atoms with Gasteiger partial charge in [-0.1, -0.05) is 26.8 Å². The summed E-state index contributed by atoms with van der Waals surface area (Å²) >= 11 is 0. The minimum Gasteiger partial charge on any atom is -0.405 e. The van der Waals surface area contributed by atoms with E-state index in [-0.39, 0.29) is 16.9 Å². The number of carbonyl (C=O) groups excluding carboxylic acids is 1. The highest BCUT2D eigenvalue weighted by Crippen LogP contribution is 2.38. The highest BCUT2D eigenvalue weighted by molar-refractivity contribution is 5.95. The van der Waals surface area contributed by atoms with E-state index in [0.717, 1.165) is 0 Å². The Bertz CT molecular complexity index is 481. The second-order valence-electron chi connectivity index (χ2n) is 4.83. The average molecular weight is 275 g/mol. The van der Waals surface area contributed by atoms with Gasteiger partial charge in [0, 0.05) is 11.1 Å². The van der Waals surface area contributed by atoms with E-state index in [1.54, 1.807) is 13.8 Å². The second kappa shape index (κ2) is 5.11. The first-order chi connectivity index (χ1) is 8.58. The zero-order valence-electron chi connectivity index (χ0n) is 11.0. The smallest absolute Gasteiger partial charge is 0.405 e. The fourth-order valence-electron chi connectivity index (χ4n) is 1.82. The third kappa shape index (κ3) is 3.62. The largest absolute Gasteiger partial charge is 0.573 e. The van der Waals surface area contributed by atoms with Crippen LogP contribution in [0.15, 0.2) is 18.2 Å². The zero-order valence-corrected chi connectivity index (χ0v) is 11.0. The molecule has 0 spiro atoms. The van der Waals surface area contributed by atoms with E-state index in [0.29, 0.717) is 6.42 Å².